The van der Waals surface area contributed by atoms with Gasteiger partial charge in [-0.15, -0.1) is 0 Å². The number of rotatable bonds is 1. The van der Waals surface area contributed by atoms with Crippen molar-refractivity contribution in [2.75, 3.05) is 25.0 Å². The van der Waals surface area contributed by atoms with Crippen molar-refractivity contribution < 1.29 is 5.11 Å². The lowest BCUT2D eigenvalue weighted by Crippen LogP contribution is -2.26. The zero-order valence-electron chi connectivity index (χ0n) is 10.4. The van der Waals surface area contributed by atoms with Crippen LogP contribution in [0.2, 0.25) is 0 Å². The summed E-state index contributed by atoms with van der Waals surface area (Å²) >= 11 is 0. The van der Waals surface area contributed by atoms with Gasteiger partial charge < -0.3 is 15.3 Å². The maximum atomic E-state index is 10.4. The Labute approximate surface area is 102 Å². The van der Waals surface area contributed by atoms with Gasteiger partial charge in [0.25, 0.3) is 0 Å². The third-order valence-corrected chi connectivity index (χ3v) is 4.08. The summed E-state index contributed by atoms with van der Waals surface area (Å²) < 4.78 is 0. The zero-order valence-corrected chi connectivity index (χ0v) is 10.4. The molecule has 0 saturated carbocycles. The summed E-state index contributed by atoms with van der Waals surface area (Å²) in [6.45, 7) is 2.09. The van der Waals surface area contributed by atoms with E-state index in [4.69, 9.17) is 0 Å². The molecule has 1 aromatic rings. The molecule has 0 amide bonds. The minimum Gasteiger partial charge on any atom is -0.507 e. The standard InChI is InChI=1S/C14H20N2O/c1-16-9-7-11-13(16)6-5-10(14(11)17)12-4-2-3-8-15-12/h5-6,12,15,17H,2-4,7-9H2,1H3. The van der Waals surface area contributed by atoms with Crippen LogP contribution < -0.4 is 10.2 Å². The van der Waals surface area contributed by atoms with Gasteiger partial charge in [-0.3, -0.25) is 0 Å². The minimum absolute atomic E-state index is 0.347. The Hall–Kier alpha value is -1.22. The van der Waals surface area contributed by atoms with E-state index in [1.165, 1.54) is 18.5 Å². The molecule has 1 aromatic carbocycles. The van der Waals surface area contributed by atoms with Crippen LogP contribution in [-0.2, 0) is 6.42 Å². The number of hydrogen-bond donors (Lipinski definition) is 2. The minimum atomic E-state index is 0.347. The molecule has 0 radical (unpaired) electrons. The Kier molecular flexibility index (Phi) is 2.71. The lowest BCUT2D eigenvalue weighted by molar-refractivity contribution is 0.389. The SMILES string of the molecule is CN1CCc2c1ccc(C1CCCCN1)c2O. The summed E-state index contributed by atoms with van der Waals surface area (Å²) in [5.74, 6) is 0.534. The van der Waals surface area contributed by atoms with E-state index in [-0.39, 0.29) is 0 Å². The highest BCUT2D eigenvalue weighted by molar-refractivity contribution is 5.65. The van der Waals surface area contributed by atoms with Crippen molar-refractivity contribution in [2.45, 2.75) is 31.7 Å². The third kappa shape index (κ3) is 1.78. The van der Waals surface area contributed by atoms with Crippen molar-refractivity contribution in [2.24, 2.45) is 0 Å². The third-order valence-electron chi connectivity index (χ3n) is 4.08. The predicted molar refractivity (Wildman–Crippen MR) is 69.7 cm³/mol. The maximum absolute atomic E-state index is 10.4. The van der Waals surface area contributed by atoms with Crippen LogP contribution in [0.4, 0.5) is 5.69 Å². The number of aromatic hydroxyl groups is 1. The molecular formula is C14H20N2O. The Balaban J connectivity index is 1.96. The number of fused-ring (bicyclic) bond motifs is 1. The number of phenolic OH excluding ortho intramolecular Hbond substituents is 1. The van der Waals surface area contributed by atoms with Crippen LogP contribution in [0.15, 0.2) is 12.1 Å². The number of anilines is 1. The number of nitrogens with one attached hydrogen (secondary N) is 1. The van der Waals surface area contributed by atoms with Crippen LogP contribution in [0.25, 0.3) is 0 Å². The molecule has 1 saturated heterocycles. The fraction of sp³-hybridized carbons (Fsp3) is 0.571. The second-order valence-electron chi connectivity index (χ2n) is 5.18. The number of phenols is 1. The van der Waals surface area contributed by atoms with Gasteiger partial charge in [0.05, 0.1) is 0 Å². The van der Waals surface area contributed by atoms with Gasteiger partial charge in [-0.1, -0.05) is 12.5 Å². The molecule has 2 heterocycles. The van der Waals surface area contributed by atoms with Gasteiger partial charge in [0.1, 0.15) is 5.75 Å². The van der Waals surface area contributed by atoms with Crippen LogP contribution in [0.1, 0.15) is 36.4 Å². The van der Waals surface area contributed by atoms with Gasteiger partial charge >= 0.3 is 0 Å². The summed E-state index contributed by atoms with van der Waals surface area (Å²) in [6.07, 6.45) is 4.62. The Bertz CT molecular complexity index is 424. The van der Waals surface area contributed by atoms with E-state index < -0.39 is 0 Å². The summed E-state index contributed by atoms with van der Waals surface area (Å²) in [6, 6.07) is 4.60. The van der Waals surface area contributed by atoms with Crippen LogP contribution in [0.5, 0.6) is 5.75 Å². The lowest BCUT2D eigenvalue weighted by Gasteiger charge is -2.25. The van der Waals surface area contributed by atoms with Crippen molar-refractivity contribution in [3.63, 3.8) is 0 Å². The maximum Gasteiger partial charge on any atom is 0.125 e. The fourth-order valence-electron chi connectivity index (χ4n) is 3.05. The molecule has 3 nitrogen and oxygen atoms in total. The zero-order chi connectivity index (χ0) is 11.8. The fourth-order valence-corrected chi connectivity index (χ4v) is 3.05. The van der Waals surface area contributed by atoms with Gasteiger partial charge in [0.15, 0.2) is 0 Å². The molecular weight excluding hydrogens is 212 g/mol. The van der Waals surface area contributed by atoms with E-state index in [0.717, 1.165) is 37.1 Å². The molecule has 0 aliphatic carbocycles. The molecule has 0 spiro atoms. The van der Waals surface area contributed by atoms with Crippen molar-refractivity contribution >= 4 is 5.69 Å². The highest BCUT2D eigenvalue weighted by Gasteiger charge is 2.25. The average molecular weight is 232 g/mol. The first-order valence-electron chi connectivity index (χ1n) is 6.56. The van der Waals surface area contributed by atoms with Crippen molar-refractivity contribution in [3.8, 4) is 5.75 Å². The number of hydrogen-bond acceptors (Lipinski definition) is 3. The van der Waals surface area contributed by atoms with Crippen LogP contribution in [-0.4, -0.2) is 25.2 Å². The van der Waals surface area contributed by atoms with Crippen molar-refractivity contribution in [1.29, 1.82) is 0 Å². The van der Waals surface area contributed by atoms with Gasteiger partial charge in [-0.2, -0.15) is 0 Å². The number of piperidine rings is 1. The monoisotopic (exact) mass is 232 g/mol. The molecule has 0 aromatic heterocycles. The molecule has 3 heteroatoms. The summed E-state index contributed by atoms with van der Waals surface area (Å²) in [5.41, 5.74) is 3.43. The summed E-state index contributed by atoms with van der Waals surface area (Å²) in [5, 5.41) is 13.9. The first-order valence-corrected chi connectivity index (χ1v) is 6.56. The number of likely N-dealkylation sites (N-methyl/N-ethyl adjacent to an activating group) is 1. The highest BCUT2D eigenvalue weighted by Crippen LogP contribution is 2.40. The van der Waals surface area contributed by atoms with Crippen molar-refractivity contribution in [3.05, 3.63) is 23.3 Å². The second kappa shape index (κ2) is 4.22. The van der Waals surface area contributed by atoms with E-state index in [1.54, 1.807) is 0 Å². The first kappa shape index (κ1) is 10.9. The van der Waals surface area contributed by atoms with Crippen molar-refractivity contribution in [1.82, 2.24) is 5.32 Å². The predicted octanol–water partition coefficient (Wildman–Crippen LogP) is 2.20. The van der Waals surface area contributed by atoms with E-state index in [1.807, 2.05) is 0 Å². The smallest absolute Gasteiger partial charge is 0.125 e. The van der Waals surface area contributed by atoms with E-state index in [2.05, 4.69) is 29.4 Å². The van der Waals surface area contributed by atoms with Gasteiger partial charge in [-0.25, -0.2) is 0 Å². The molecule has 1 atom stereocenters. The first-order chi connectivity index (χ1) is 8.27. The van der Waals surface area contributed by atoms with Crippen LogP contribution >= 0.6 is 0 Å². The molecule has 2 aliphatic heterocycles. The lowest BCUT2D eigenvalue weighted by atomic mass is 9.94. The Morgan fingerprint density at radius 1 is 1.35 bits per heavy atom. The summed E-state index contributed by atoms with van der Waals surface area (Å²) in [4.78, 5) is 2.22. The van der Waals surface area contributed by atoms with E-state index >= 15 is 0 Å². The van der Waals surface area contributed by atoms with Gasteiger partial charge in [-0.05, 0) is 31.9 Å². The molecule has 3 rings (SSSR count). The Morgan fingerprint density at radius 2 is 2.24 bits per heavy atom. The molecule has 2 N–H and O–H groups in total. The molecule has 1 fully saturated rings. The van der Waals surface area contributed by atoms with Gasteiger partial charge in [0.2, 0.25) is 0 Å². The quantitative estimate of drug-likeness (QED) is 0.779. The van der Waals surface area contributed by atoms with E-state index in [0.29, 0.717) is 11.8 Å². The average Bonchev–Trinajstić information content (AvgIpc) is 2.74. The number of benzene rings is 1. The normalized spacial score (nSPS) is 23.8. The molecule has 17 heavy (non-hydrogen) atoms. The van der Waals surface area contributed by atoms with Crippen LogP contribution in [0, 0.1) is 0 Å². The molecule has 0 bridgehead atoms. The Morgan fingerprint density at radius 3 is 3.00 bits per heavy atom. The second-order valence-corrected chi connectivity index (χ2v) is 5.18. The largest absolute Gasteiger partial charge is 0.507 e. The van der Waals surface area contributed by atoms with Crippen LogP contribution in [0.3, 0.4) is 0 Å². The topological polar surface area (TPSA) is 35.5 Å². The highest BCUT2D eigenvalue weighted by atomic mass is 16.3. The molecule has 92 valence electrons. The number of nitrogens with zero attached hydrogens (tertiary/aromatic N) is 1. The van der Waals surface area contributed by atoms with E-state index in [9.17, 15) is 5.11 Å². The van der Waals surface area contributed by atoms with Gasteiger partial charge in [0, 0.05) is 36.4 Å². The molecule has 2 aliphatic rings. The summed E-state index contributed by atoms with van der Waals surface area (Å²) in [7, 11) is 2.09. The molecule has 1 unspecified atom stereocenters.